The number of rotatable bonds is 12. The second-order valence-corrected chi connectivity index (χ2v) is 8.20. The van der Waals surface area contributed by atoms with E-state index >= 15 is 0 Å². The topological polar surface area (TPSA) is 27.7 Å². The summed E-state index contributed by atoms with van der Waals surface area (Å²) >= 11 is 0. The molecule has 0 aromatic rings. The molecule has 1 unspecified atom stereocenters. The highest BCUT2D eigenvalue weighted by Crippen LogP contribution is 2.27. The Bertz CT molecular complexity index is 331. The van der Waals surface area contributed by atoms with Crippen LogP contribution in [0.25, 0.3) is 0 Å². The van der Waals surface area contributed by atoms with Crippen molar-refractivity contribution in [1.82, 2.24) is 0 Å². The maximum Gasteiger partial charge on any atom is 0.501 e. The van der Waals surface area contributed by atoms with Gasteiger partial charge in [0.05, 0.1) is 6.10 Å². The molecule has 0 spiro atoms. The average molecular weight is 313 g/mol. The van der Waals surface area contributed by atoms with Crippen molar-refractivity contribution >= 4 is 8.80 Å². The van der Waals surface area contributed by atoms with Gasteiger partial charge in [0, 0.05) is 19.3 Å². The van der Waals surface area contributed by atoms with Crippen molar-refractivity contribution in [2.24, 2.45) is 0 Å². The van der Waals surface area contributed by atoms with Crippen LogP contribution >= 0.6 is 0 Å². The maximum absolute atomic E-state index is 6.50. The van der Waals surface area contributed by atoms with Gasteiger partial charge in [-0.3, -0.25) is 0 Å². The summed E-state index contributed by atoms with van der Waals surface area (Å²) < 4.78 is 18.8. The highest BCUT2D eigenvalue weighted by Gasteiger charge is 2.42. The molecule has 0 saturated carbocycles. The molecule has 4 heteroatoms. The first kappa shape index (κ1) is 18.6. The summed E-state index contributed by atoms with van der Waals surface area (Å²) in [5.41, 5.74) is 1.35. The molecule has 0 aliphatic heterocycles. The second kappa shape index (κ2) is 10.3. The molecule has 0 heterocycles. The number of allylic oxidation sites excluding steroid dienone is 3. The quantitative estimate of drug-likeness (QED) is 0.481. The van der Waals surface area contributed by atoms with Crippen LogP contribution in [-0.4, -0.2) is 28.1 Å². The maximum atomic E-state index is 6.50. The van der Waals surface area contributed by atoms with Crippen LogP contribution in [-0.2, 0) is 13.3 Å². The normalized spacial score (nSPS) is 16.3. The first-order valence-electron chi connectivity index (χ1n) is 8.52. The summed E-state index contributed by atoms with van der Waals surface area (Å²) in [7, 11) is -2.56. The molecule has 1 aliphatic rings. The molecule has 0 radical (unpaired) electrons. The third-order valence-corrected chi connectivity index (χ3v) is 6.56. The molecule has 122 valence electrons. The zero-order chi connectivity index (χ0) is 15.6. The zero-order valence-corrected chi connectivity index (χ0v) is 15.2. The number of hydrogen-bond donors (Lipinski definition) is 0. The number of hydrogen-bond acceptors (Lipinski definition) is 3. The van der Waals surface area contributed by atoms with E-state index in [1.807, 2.05) is 0 Å². The molecule has 3 nitrogen and oxygen atoms in total. The Morgan fingerprint density at radius 3 is 2.14 bits per heavy atom. The fraction of sp³-hybridized carbons (Fsp3) is 0.765. The monoisotopic (exact) mass is 312 g/mol. The molecular formula is C17H32O3Si. The molecule has 0 bridgehead atoms. The molecule has 21 heavy (non-hydrogen) atoms. The third kappa shape index (κ3) is 6.07. The van der Waals surface area contributed by atoms with Crippen LogP contribution in [0.15, 0.2) is 23.8 Å². The lowest BCUT2D eigenvalue weighted by Crippen LogP contribution is -2.49. The van der Waals surface area contributed by atoms with Crippen LogP contribution in [0.2, 0.25) is 6.04 Å². The van der Waals surface area contributed by atoms with Gasteiger partial charge in [-0.25, -0.2) is 0 Å². The molecule has 1 aliphatic carbocycles. The van der Waals surface area contributed by atoms with Crippen molar-refractivity contribution in [2.75, 3.05) is 13.2 Å². The Labute approximate surface area is 131 Å². The van der Waals surface area contributed by atoms with Crippen LogP contribution < -0.4 is 0 Å². The smallest absolute Gasteiger partial charge is 0.373 e. The highest BCUT2D eigenvalue weighted by atomic mass is 28.4. The van der Waals surface area contributed by atoms with Gasteiger partial charge in [0.15, 0.2) is 0 Å². The van der Waals surface area contributed by atoms with Crippen LogP contribution in [0.5, 0.6) is 0 Å². The van der Waals surface area contributed by atoms with E-state index in [9.17, 15) is 0 Å². The lowest BCUT2D eigenvalue weighted by atomic mass is 10.1. The van der Waals surface area contributed by atoms with Gasteiger partial charge in [0.2, 0.25) is 0 Å². The minimum absolute atomic E-state index is 0.131. The summed E-state index contributed by atoms with van der Waals surface area (Å²) in [5, 5.41) is 0. The van der Waals surface area contributed by atoms with E-state index in [1.165, 1.54) is 5.57 Å². The molecule has 0 fully saturated rings. The summed E-state index contributed by atoms with van der Waals surface area (Å²) in [6.07, 6.45) is 11.6. The van der Waals surface area contributed by atoms with E-state index in [0.717, 1.165) is 51.4 Å². The van der Waals surface area contributed by atoms with E-state index in [4.69, 9.17) is 13.3 Å². The summed E-state index contributed by atoms with van der Waals surface area (Å²) in [6.45, 7) is 10.1. The van der Waals surface area contributed by atoms with Gasteiger partial charge in [-0.05, 0) is 31.3 Å². The standard InChI is InChI=1S/C17H32O3Si/c1-5-13-18-21(15-7-3,19-14-6-2)20-17(8-4)16-11-9-10-12-16/h9-11,17H,5-8,12-15H2,1-4H3. The first-order valence-corrected chi connectivity index (χ1v) is 10.5. The van der Waals surface area contributed by atoms with Crippen LogP contribution in [0.1, 0.15) is 59.8 Å². The van der Waals surface area contributed by atoms with Crippen molar-refractivity contribution in [3.8, 4) is 0 Å². The third-order valence-electron chi connectivity index (χ3n) is 3.51. The second-order valence-electron chi connectivity index (χ2n) is 5.52. The zero-order valence-electron chi connectivity index (χ0n) is 14.2. The molecule has 0 aromatic heterocycles. The predicted molar refractivity (Wildman–Crippen MR) is 90.3 cm³/mol. The highest BCUT2D eigenvalue weighted by molar-refractivity contribution is 6.60. The molecule has 0 amide bonds. The van der Waals surface area contributed by atoms with E-state index in [2.05, 4.69) is 45.9 Å². The SMILES string of the molecule is CCCO[Si](CCC)(OCCC)OC(CC)C1=CC=CC1. The fourth-order valence-electron chi connectivity index (χ4n) is 2.47. The Morgan fingerprint density at radius 1 is 1.05 bits per heavy atom. The van der Waals surface area contributed by atoms with Crippen molar-refractivity contribution in [3.63, 3.8) is 0 Å². The fourth-order valence-corrected chi connectivity index (χ4v) is 5.49. The van der Waals surface area contributed by atoms with E-state index in [1.54, 1.807) is 0 Å². The van der Waals surface area contributed by atoms with E-state index < -0.39 is 8.80 Å². The largest absolute Gasteiger partial charge is 0.501 e. The van der Waals surface area contributed by atoms with Gasteiger partial charge in [-0.15, -0.1) is 0 Å². The van der Waals surface area contributed by atoms with Gasteiger partial charge in [0.25, 0.3) is 0 Å². The van der Waals surface area contributed by atoms with Crippen LogP contribution in [0.3, 0.4) is 0 Å². The van der Waals surface area contributed by atoms with Gasteiger partial charge in [-0.1, -0.05) is 52.3 Å². The van der Waals surface area contributed by atoms with Gasteiger partial charge in [-0.2, -0.15) is 0 Å². The summed E-state index contributed by atoms with van der Waals surface area (Å²) in [4.78, 5) is 0. The van der Waals surface area contributed by atoms with Crippen LogP contribution in [0.4, 0.5) is 0 Å². The van der Waals surface area contributed by atoms with Gasteiger partial charge in [0.1, 0.15) is 0 Å². The predicted octanol–water partition coefficient (Wildman–Crippen LogP) is 4.87. The lowest BCUT2D eigenvalue weighted by Gasteiger charge is -2.33. The van der Waals surface area contributed by atoms with Gasteiger partial charge < -0.3 is 13.3 Å². The molecule has 0 N–H and O–H groups in total. The van der Waals surface area contributed by atoms with Crippen LogP contribution in [0, 0.1) is 0 Å². The Kier molecular flexibility index (Phi) is 9.16. The Hall–Kier alpha value is -0.423. The summed E-state index contributed by atoms with van der Waals surface area (Å²) in [6, 6.07) is 0.907. The molecule has 0 aromatic carbocycles. The lowest BCUT2D eigenvalue weighted by molar-refractivity contribution is 0.0357. The van der Waals surface area contributed by atoms with Gasteiger partial charge >= 0.3 is 8.80 Å². The molecule has 0 saturated heterocycles. The van der Waals surface area contributed by atoms with Crippen molar-refractivity contribution < 1.29 is 13.3 Å². The minimum atomic E-state index is -2.56. The Morgan fingerprint density at radius 2 is 1.71 bits per heavy atom. The molecule has 1 atom stereocenters. The minimum Gasteiger partial charge on any atom is -0.373 e. The molecular weight excluding hydrogens is 280 g/mol. The van der Waals surface area contributed by atoms with Crippen molar-refractivity contribution in [3.05, 3.63) is 23.8 Å². The summed E-state index contributed by atoms with van der Waals surface area (Å²) in [5.74, 6) is 0. The molecule has 1 rings (SSSR count). The first-order chi connectivity index (χ1) is 10.2. The van der Waals surface area contributed by atoms with Crippen molar-refractivity contribution in [2.45, 2.75) is 71.9 Å². The van der Waals surface area contributed by atoms with Crippen molar-refractivity contribution in [1.29, 1.82) is 0 Å². The Balaban J connectivity index is 2.79. The average Bonchev–Trinajstić information content (AvgIpc) is 3.03. The van der Waals surface area contributed by atoms with E-state index in [-0.39, 0.29) is 6.10 Å². The van der Waals surface area contributed by atoms with E-state index in [0.29, 0.717) is 0 Å².